The molecule has 4 aromatic rings. The number of nitrogens with zero attached hydrogens (tertiary/aromatic N) is 1. The Balaban J connectivity index is 1.99. The monoisotopic (exact) mass is 287 g/mol. The second-order valence-electron chi connectivity index (χ2n) is 5.60. The number of aliphatic hydroxyl groups excluding tert-OH is 1. The zero-order valence-corrected chi connectivity index (χ0v) is 12.2. The van der Waals surface area contributed by atoms with E-state index in [0.29, 0.717) is 0 Å². The van der Waals surface area contributed by atoms with Crippen LogP contribution in [0.4, 0.5) is 0 Å². The summed E-state index contributed by atoms with van der Waals surface area (Å²) in [7, 11) is 0. The Morgan fingerprint density at radius 3 is 2.23 bits per heavy atom. The average molecular weight is 287 g/mol. The number of aliphatic hydroxyl groups is 1. The maximum absolute atomic E-state index is 9.40. The quantitative estimate of drug-likeness (QED) is 0.596. The van der Waals surface area contributed by atoms with Crippen LogP contribution in [0.5, 0.6) is 0 Å². The molecular weight excluding hydrogens is 270 g/mol. The summed E-state index contributed by atoms with van der Waals surface area (Å²) in [5, 5.41) is 11.9. The molecule has 22 heavy (non-hydrogen) atoms. The third-order valence-electron chi connectivity index (χ3n) is 4.20. The number of para-hydroxylation sites is 1. The highest BCUT2D eigenvalue weighted by Crippen LogP contribution is 2.30. The molecule has 1 N–H and O–H groups in total. The van der Waals surface area contributed by atoms with E-state index in [9.17, 15) is 5.11 Å². The van der Waals surface area contributed by atoms with Gasteiger partial charge < -0.3 is 9.67 Å². The number of hydrogen-bond acceptors (Lipinski definition) is 1. The molecule has 0 atom stereocenters. The lowest BCUT2D eigenvalue weighted by Crippen LogP contribution is -1.99. The topological polar surface area (TPSA) is 25.2 Å². The Labute approximate surface area is 129 Å². The smallest absolute Gasteiger partial charge is 0.0682 e. The van der Waals surface area contributed by atoms with Gasteiger partial charge in [-0.3, -0.25) is 0 Å². The lowest BCUT2D eigenvalue weighted by molar-refractivity contribution is 0.282. The molecule has 2 nitrogen and oxygen atoms in total. The van der Waals surface area contributed by atoms with E-state index in [1.54, 1.807) is 0 Å². The molecule has 3 aromatic carbocycles. The zero-order chi connectivity index (χ0) is 14.9. The summed E-state index contributed by atoms with van der Waals surface area (Å²) in [6.07, 6.45) is 0. The van der Waals surface area contributed by atoms with Gasteiger partial charge in [0.1, 0.15) is 0 Å². The largest absolute Gasteiger partial charge is 0.392 e. The van der Waals surface area contributed by atoms with Crippen molar-refractivity contribution in [1.29, 1.82) is 0 Å². The molecule has 0 unspecified atom stereocenters. The summed E-state index contributed by atoms with van der Waals surface area (Å²) < 4.78 is 2.35. The Morgan fingerprint density at radius 1 is 0.682 bits per heavy atom. The van der Waals surface area contributed by atoms with Crippen molar-refractivity contribution in [2.75, 3.05) is 0 Å². The molecule has 108 valence electrons. The van der Waals surface area contributed by atoms with E-state index in [1.807, 2.05) is 12.1 Å². The van der Waals surface area contributed by atoms with Crippen LogP contribution in [0.25, 0.3) is 21.8 Å². The van der Waals surface area contributed by atoms with Gasteiger partial charge in [0, 0.05) is 28.4 Å². The molecular formula is C20H17NO. The summed E-state index contributed by atoms with van der Waals surface area (Å²) in [5.74, 6) is 0. The third kappa shape index (κ3) is 2.09. The van der Waals surface area contributed by atoms with E-state index in [-0.39, 0.29) is 6.61 Å². The fraction of sp³-hybridized carbons (Fsp3) is 0.100. The van der Waals surface area contributed by atoms with Gasteiger partial charge in [-0.2, -0.15) is 0 Å². The van der Waals surface area contributed by atoms with Gasteiger partial charge in [0.05, 0.1) is 6.61 Å². The predicted octanol–water partition coefficient (Wildman–Crippen LogP) is 4.34. The SMILES string of the molecule is OCc1ccc2c(c1)c1ccccc1n2Cc1ccccc1. The molecule has 0 radical (unpaired) electrons. The molecule has 0 bridgehead atoms. The van der Waals surface area contributed by atoms with E-state index in [1.165, 1.54) is 27.4 Å². The lowest BCUT2D eigenvalue weighted by atomic mass is 10.1. The first kappa shape index (κ1) is 13.1. The van der Waals surface area contributed by atoms with E-state index in [4.69, 9.17) is 0 Å². The molecule has 1 heterocycles. The fourth-order valence-corrected chi connectivity index (χ4v) is 3.14. The number of benzene rings is 3. The van der Waals surface area contributed by atoms with E-state index in [0.717, 1.165) is 12.1 Å². The first-order valence-electron chi connectivity index (χ1n) is 7.51. The van der Waals surface area contributed by atoms with Crippen LogP contribution < -0.4 is 0 Å². The predicted molar refractivity (Wildman–Crippen MR) is 90.9 cm³/mol. The van der Waals surface area contributed by atoms with Gasteiger partial charge in [0.2, 0.25) is 0 Å². The van der Waals surface area contributed by atoms with Crippen LogP contribution in [0, 0.1) is 0 Å². The van der Waals surface area contributed by atoms with Crippen molar-refractivity contribution in [1.82, 2.24) is 4.57 Å². The Morgan fingerprint density at radius 2 is 1.41 bits per heavy atom. The Hall–Kier alpha value is -2.58. The number of aromatic nitrogens is 1. The minimum Gasteiger partial charge on any atom is -0.392 e. The van der Waals surface area contributed by atoms with Crippen LogP contribution in [0.1, 0.15) is 11.1 Å². The second kappa shape index (κ2) is 5.32. The van der Waals surface area contributed by atoms with Crippen molar-refractivity contribution in [3.05, 3.63) is 83.9 Å². The zero-order valence-electron chi connectivity index (χ0n) is 12.2. The van der Waals surface area contributed by atoms with Crippen molar-refractivity contribution >= 4 is 21.8 Å². The van der Waals surface area contributed by atoms with Gasteiger partial charge in [-0.05, 0) is 29.3 Å². The van der Waals surface area contributed by atoms with Gasteiger partial charge in [-0.1, -0.05) is 54.6 Å². The lowest BCUT2D eigenvalue weighted by Gasteiger charge is -2.08. The molecule has 0 spiro atoms. The normalized spacial score (nSPS) is 11.3. The van der Waals surface area contributed by atoms with Gasteiger partial charge >= 0.3 is 0 Å². The van der Waals surface area contributed by atoms with Gasteiger partial charge in [0.25, 0.3) is 0 Å². The molecule has 4 rings (SSSR count). The summed E-state index contributed by atoms with van der Waals surface area (Å²) in [4.78, 5) is 0. The van der Waals surface area contributed by atoms with Crippen molar-refractivity contribution in [3.8, 4) is 0 Å². The molecule has 0 saturated heterocycles. The van der Waals surface area contributed by atoms with E-state index < -0.39 is 0 Å². The minimum absolute atomic E-state index is 0.0775. The van der Waals surface area contributed by atoms with Gasteiger partial charge in [-0.25, -0.2) is 0 Å². The highest BCUT2D eigenvalue weighted by atomic mass is 16.3. The minimum atomic E-state index is 0.0775. The third-order valence-corrected chi connectivity index (χ3v) is 4.20. The maximum Gasteiger partial charge on any atom is 0.0682 e. The van der Waals surface area contributed by atoms with E-state index in [2.05, 4.69) is 65.2 Å². The number of hydrogen-bond donors (Lipinski definition) is 1. The molecule has 0 fully saturated rings. The van der Waals surface area contributed by atoms with Crippen LogP contribution in [-0.4, -0.2) is 9.67 Å². The van der Waals surface area contributed by atoms with Crippen molar-refractivity contribution in [2.45, 2.75) is 13.2 Å². The first-order chi connectivity index (χ1) is 10.9. The fourth-order valence-electron chi connectivity index (χ4n) is 3.14. The Bertz CT molecular complexity index is 938. The van der Waals surface area contributed by atoms with Gasteiger partial charge in [-0.15, -0.1) is 0 Å². The summed E-state index contributed by atoms with van der Waals surface area (Å²) in [6.45, 7) is 0.928. The molecule has 0 aliphatic heterocycles. The highest BCUT2D eigenvalue weighted by molar-refractivity contribution is 6.08. The standard InChI is InChI=1S/C20H17NO/c22-14-16-10-11-20-18(12-16)17-8-4-5-9-19(17)21(20)13-15-6-2-1-3-7-15/h1-12,22H,13-14H2. The van der Waals surface area contributed by atoms with E-state index >= 15 is 0 Å². The molecule has 0 saturated carbocycles. The van der Waals surface area contributed by atoms with Crippen molar-refractivity contribution < 1.29 is 5.11 Å². The van der Waals surface area contributed by atoms with Gasteiger partial charge in [0.15, 0.2) is 0 Å². The number of rotatable bonds is 3. The Kier molecular flexibility index (Phi) is 3.17. The van der Waals surface area contributed by atoms with Crippen LogP contribution in [0.2, 0.25) is 0 Å². The van der Waals surface area contributed by atoms with Crippen LogP contribution in [0.3, 0.4) is 0 Å². The molecule has 1 aromatic heterocycles. The van der Waals surface area contributed by atoms with Crippen LogP contribution in [0.15, 0.2) is 72.8 Å². The average Bonchev–Trinajstić information content (AvgIpc) is 2.89. The van der Waals surface area contributed by atoms with Crippen LogP contribution in [-0.2, 0) is 13.2 Å². The van der Waals surface area contributed by atoms with Crippen molar-refractivity contribution in [3.63, 3.8) is 0 Å². The maximum atomic E-state index is 9.40. The highest BCUT2D eigenvalue weighted by Gasteiger charge is 2.10. The molecule has 0 aliphatic rings. The molecule has 2 heteroatoms. The second-order valence-corrected chi connectivity index (χ2v) is 5.60. The molecule has 0 amide bonds. The summed E-state index contributed by atoms with van der Waals surface area (Å²) >= 11 is 0. The van der Waals surface area contributed by atoms with Crippen molar-refractivity contribution in [2.24, 2.45) is 0 Å². The summed E-state index contributed by atoms with van der Waals surface area (Å²) in [5.41, 5.74) is 4.69. The number of fused-ring (bicyclic) bond motifs is 3. The summed E-state index contributed by atoms with van der Waals surface area (Å²) in [6, 6.07) is 25.2. The molecule has 0 aliphatic carbocycles. The van der Waals surface area contributed by atoms with Crippen LogP contribution >= 0.6 is 0 Å². The first-order valence-corrected chi connectivity index (χ1v) is 7.51.